The molecule has 3 nitrogen and oxygen atoms in total. The Bertz CT molecular complexity index is 54.7. The standard InChI is InChI=1S/C4H10.CH3NO2/c1-4(2)3;2-1(3)4/h4H,1-3H3;2H2,(H,3,4). The van der Waals surface area contributed by atoms with Crippen LogP contribution in [-0.4, -0.2) is 11.2 Å². The number of primary amides is 1. The van der Waals surface area contributed by atoms with E-state index >= 15 is 0 Å². The summed E-state index contributed by atoms with van der Waals surface area (Å²) in [5, 5.41) is 7.19. The van der Waals surface area contributed by atoms with Crippen LogP contribution in [-0.2, 0) is 0 Å². The maximum absolute atomic E-state index is 8.78. The predicted octanol–water partition coefficient (Wildman–Crippen LogP) is 1.29. The molecule has 0 aromatic carbocycles. The quantitative estimate of drug-likeness (QED) is 0.504. The summed E-state index contributed by atoms with van der Waals surface area (Å²) < 4.78 is 0. The molecular formula is C5H13NO2. The molecule has 0 heterocycles. The van der Waals surface area contributed by atoms with E-state index in [4.69, 9.17) is 9.90 Å². The molecule has 0 aliphatic carbocycles. The van der Waals surface area contributed by atoms with Gasteiger partial charge in [0.1, 0.15) is 0 Å². The molecule has 0 unspecified atom stereocenters. The van der Waals surface area contributed by atoms with Crippen molar-refractivity contribution in [2.75, 3.05) is 0 Å². The number of nitrogens with two attached hydrogens (primary N) is 1. The Morgan fingerprint density at radius 1 is 1.50 bits per heavy atom. The van der Waals surface area contributed by atoms with Gasteiger partial charge in [-0.1, -0.05) is 20.8 Å². The molecular weight excluding hydrogens is 106 g/mol. The molecule has 0 saturated heterocycles. The Morgan fingerprint density at radius 3 is 1.50 bits per heavy atom. The van der Waals surface area contributed by atoms with Crippen molar-refractivity contribution in [3.8, 4) is 0 Å². The van der Waals surface area contributed by atoms with Crippen molar-refractivity contribution in [1.29, 1.82) is 0 Å². The predicted molar refractivity (Wildman–Crippen MR) is 32.7 cm³/mol. The van der Waals surface area contributed by atoms with E-state index in [1.807, 2.05) is 0 Å². The van der Waals surface area contributed by atoms with Gasteiger partial charge in [-0.3, -0.25) is 0 Å². The summed E-state index contributed by atoms with van der Waals surface area (Å²) in [5.41, 5.74) is 4.03. The number of rotatable bonds is 0. The highest BCUT2D eigenvalue weighted by Crippen LogP contribution is 1.81. The largest absolute Gasteiger partial charge is 0.465 e. The number of carboxylic acid groups (broad SMARTS) is 1. The van der Waals surface area contributed by atoms with Crippen LogP contribution in [0.1, 0.15) is 20.8 Å². The van der Waals surface area contributed by atoms with Gasteiger partial charge in [0.2, 0.25) is 0 Å². The Labute approximate surface area is 49.5 Å². The molecule has 50 valence electrons. The number of carbonyl (C=O) groups is 1. The lowest BCUT2D eigenvalue weighted by Gasteiger charge is -1.79. The average Bonchev–Trinajstić information content (AvgIpc) is 1.25. The molecule has 0 bridgehead atoms. The van der Waals surface area contributed by atoms with Crippen molar-refractivity contribution in [2.24, 2.45) is 11.7 Å². The molecule has 0 rings (SSSR count). The van der Waals surface area contributed by atoms with E-state index < -0.39 is 6.09 Å². The normalized spacial score (nSPS) is 7.50. The van der Waals surface area contributed by atoms with Gasteiger partial charge < -0.3 is 10.8 Å². The summed E-state index contributed by atoms with van der Waals surface area (Å²) in [7, 11) is 0. The van der Waals surface area contributed by atoms with Crippen LogP contribution in [0.3, 0.4) is 0 Å². The Kier molecular flexibility index (Phi) is 8.07. The first-order valence-electron chi connectivity index (χ1n) is 2.45. The molecule has 1 amide bonds. The summed E-state index contributed by atoms with van der Waals surface area (Å²) in [5.74, 6) is 0.833. The monoisotopic (exact) mass is 119 g/mol. The Hall–Kier alpha value is -0.730. The van der Waals surface area contributed by atoms with E-state index in [1.54, 1.807) is 0 Å². The third-order valence-electron chi connectivity index (χ3n) is 0. The minimum Gasteiger partial charge on any atom is -0.465 e. The van der Waals surface area contributed by atoms with Crippen molar-refractivity contribution in [3.63, 3.8) is 0 Å². The van der Waals surface area contributed by atoms with Crippen LogP contribution in [0, 0.1) is 5.92 Å². The Balaban J connectivity index is 0. The first-order chi connectivity index (χ1) is 3.46. The van der Waals surface area contributed by atoms with Gasteiger partial charge in [0, 0.05) is 0 Å². The van der Waals surface area contributed by atoms with E-state index in [1.165, 1.54) is 0 Å². The van der Waals surface area contributed by atoms with Gasteiger partial charge in [-0.25, -0.2) is 4.79 Å². The molecule has 0 radical (unpaired) electrons. The number of hydrogen-bond donors (Lipinski definition) is 2. The summed E-state index contributed by atoms with van der Waals surface area (Å²) >= 11 is 0. The maximum atomic E-state index is 8.78. The minimum absolute atomic E-state index is 0.833. The number of hydrogen-bond acceptors (Lipinski definition) is 1. The molecule has 0 saturated carbocycles. The van der Waals surface area contributed by atoms with Crippen LogP contribution < -0.4 is 5.73 Å². The molecule has 0 aliphatic heterocycles. The first-order valence-corrected chi connectivity index (χ1v) is 2.45. The van der Waals surface area contributed by atoms with Crippen LogP contribution in [0.15, 0.2) is 0 Å². The van der Waals surface area contributed by atoms with Gasteiger partial charge >= 0.3 is 6.09 Å². The van der Waals surface area contributed by atoms with Crippen LogP contribution in [0.2, 0.25) is 0 Å². The van der Waals surface area contributed by atoms with Gasteiger partial charge in [-0.15, -0.1) is 0 Å². The second kappa shape index (κ2) is 6.27. The third-order valence-corrected chi connectivity index (χ3v) is 0. The topological polar surface area (TPSA) is 63.3 Å². The molecule has 0 aromatic heterocycles. The maximum Gasteiger partial charge on any atom is 0.402 e. The lowest BCUT2D eigenvalue weighted by molar-refractivity contribution is 0.205. The molecule has 0 atom stereocenters. The molecule has 0 spiro atoms. The van der Waals surface area contributed by atoms with Gasteiger partial charge in [-0.2, -0.15) is 0 Å². The molecule has 0 aliphatic rings. The van der Waals surface area contributed by atoms with Gasteiger partial charge in [0.05, 0.1) is 0 Å². The molecule has 0 fully saturated rings. The van der Waals surface area contributed by atoms with E-state index in [2.05, 4.69) is 26.5 Å². The van der Waals surface area contributed by atoms with Crippen LogP contribution in [0.4, 0.5) is 4.79 Å². The zero-order valence-corrected chi connectivity index (χ0v) is 5.51. The van der Waals surface area contributed by atoms with Crippen molar-refractivity contribution in [2.45, 2.75) is 20.8 Å². The van der Waals surface area contributed by atoms with Crippen molar-refractivity contribution in [3.05, 3.63) is 0 Å². The fraction of sp³-hybridized carbons (Fsp3) is 0.800. The summed E-state index contributed by atoms with van der Waals surface area (Å²) in [6, 6.07) is 0. The smallest absolute Gasteiger partial charge is 0.402 e. The van der Waals surface area contributed by atoms with Crippen molar-refractivity contribution in [1.82, 2.24) is 0 Å². The fourth-order valence-corrected chi connectivity index (χ4v) is 0. The van der Waals surface area contributed by atoms with Crippen LogP contribution in [0.5, 0.6) is 0 Å². The minimum atomic E-state index is -1.33. The molecule has 8 heavy (non-hydrogen) atoms. The fourth-order valence-electron chi connectivity index (χ4n) is 0. The highest BCUT2D eigenvalue weighted by Gasteiger charge is 1.68. The van der Waals surface area contributed by atoms with E-state index in [0.717, 1.165) is 5.92 Å². The summed E-state index contributed by atoms with van der Waals surface area (Å²) in [4.78, 5) is 8.78. The molecule has 3 N–H and O–H groups in total. The van der Waals surface area contributed by atoms with Crippen molar-refractivity contribution < 1.29 is 9.90 Å². The highest BCUT2D eigenvalue weighted by molar-refractivity contribution is 5.61. The Morgan fingerprint density at radius 2 is 1.50 bits per heavy atom. The van der Waals surface area contributed by atoms with Gasteiger partial charge in [0.25, 0.3) is 0 Å². The summed E-state index contributed by atoms with van der Waals surface area (Å²) in [6.07, 6.45) is -1.33. The highest BCUT2D eigenvalue weighted by atomic mass is 16.4. The van der Waals surface area contributed by atoms with Crippen LogP contribution in [0.25, 0.3) is 0 Å². The second-order valence-electron chi connectivity index (χ2n) is 2.07. The third kappa shape index (κ3) is 180. The molecule has 3 heteroatoms. The van der Waals surface area contributed by atoms with Gasteiger partial charge in [0.15, 0.2) is 0 Å². The average molecular weight is 119 g/mol. The lowest BCUT2D eigenvalue weighted by atomic mass is 10.3. The van der Waals surface area contributed by atoms with Gasteiger partial charge in [-0.05, 0) is 5.92 Å². The number of amides is 1. The van der Waals surface area contributed by atoms with E-state index in [-0.39, 0.29) is 0 Å². The zero-order valence-electron chi connectivity index (χ0n) is 5.51. The second-order valence-corrected chi connectivity index (χ2v) is 2.07. The zero-order chi connectivity index (χ0) is 7.15. The first kappa shape index (κ1) is 10.3. The summed E-state index contributed by atoms with van der Waals surface area (Å²) in [6.45, 7) is 6.50. The SMILES string of the molecule is CC(C)C.NC(=O)O. The molecule has 0 aromatic rings. The van der Waals surface area contributed by atoms with Crippen molar-refractivity contribution >= 4 is 6.09 Å². The van der Waals surface area contributed by atoms with Crippen LogP contribution >= 0.6 is 0 Å². The lowest BCUT2D eigenvalue weighted by Crippen LogP contribution is -2.03. The van der Waals surface area contributed by atoms with E-state index in [9.17, 15) is 0 Å². The van der Waals surface area contributed by atoms with E-state index in [0.29, 0.717) is 0 Å².